The quantitative estimate of drug-likeness (QED) is 0.795. The first-order valence-corrected chi connectivity index (χ1v) is 9.03. The largest absolute Gasteiger partial charge is 0.495 e. The zero-order valence-corrected chi connectivity index (χ0v) is 13.9. The predicted octanol–water partition coefficient (Wildman–Crippen LogP) is 0.669. The van der Waals surface area contributed by atoms with E-state index in [-0.39, 0.29) is 24.0 Å². The fourth-order valence-electron chi connectivity index (χ4n) is 2.49. The molecule has 2 rings (SSSR count). The van der Waals surface area contributed by atoms with Gasteiger partial charge < -0.3 is 15.0 Å². The van der Waals surface area contributed by atoms with E-state index in [1.807, 2.05) is 0 Å². The average Bonchev–Trinajstić information content (AvgIpc) is 2.87. The topological polar surface area (TPSA) is 92.8 Å². The molecule has 1 aliphatic rings. The molecule has 0 saturated carbocycles. The van der Waals surface area contributed by atoms with E-state index in [2.05, 4.69) is 5.32 Å². The van der Waals surface area contributed by atoms with Gasteiger partial charge in [-0.25, -0.2) is 8.42 Å². The van der Waals surface area contributed by atoms with Crippen LogP contribution in [0.3, 0.4) is 0 Å². The molecule has 7 nitrogen and oxygen atoms in total. The molecular weight excluding hydrogens is 320 g/mol. The van der Waals surface area contributed by atoms with Crippen molar-refractivity contribution in [1.29, 1.82) is 0 Å². The lowest BCUT2D eigenvalue weighted by Crippen LogP contribution is -2.39. The fourth-order valence-corrected chi connectivity index (χ4v) is 4.26. The van der Waals surface area contributed by atoms with Gasteiger partial charge in [-0.15, -0.1) is 0 Å². The molecule has 1 atom stereocenters. The second-order valence-electron chi connectivity index (χ2n) is 5.49. The number of amides is 2. The van der Waals surface area contributed by atoms with Gasteiger partial charge in [-0.3, -0.25) is 9.59 Å². The van der Waals surface area contributed by atoms with Crippen LogP contribution in [0.2, 0.25) is 0 Å². The molecule has 2 amide bonds. The number of carbonyl (C=O) groups excluding carboxylic acids is 2. The van der Waals surface area contributed by atoms with Crippen molar-refractivity contribution in [2.45, 2.75) is 18.9 Å². The van der Waals surface area contributed by atoms with E-state index in [0.717, 1.165) is 0 Å². The van der Waals surface area contributed by atoms with Crippen molar-refractivity contribution in [3.05, 3.63) is 24.3 Å². The molecule has 1 aromatic carbocycles. The predicted molar refractivity (Wildman–Crippen MR) is 86.1 cm³/mol. The van der Waals surface area contributed by atoms with Crippen molar-refractivity contribution < 1.29 is 22.7 Å². The molecule has 1 unspecified atom stereocenters. The summed E-state index contributed by atoms with van der Waals surface area (Å²) >= 11 is 0. The highest BCUT2D eigenvalue weighted by molar-refractivity contribution is 7.91. The number of sulfone groups is 1. The highest BCUT2D eigenvalue weighted by Crippen LogP contribution is 2.23. The van der Waals surface area contributed by atoms with Crippen molar-refractivity contribution in [3.8, 4) is 5.75 Å². The number of carbonyl (C=O) groups is 2. The number of nitrogens with one attached hydrogen (secondary N) is 1. The van der Waals surface area contributed by atoms with Gasteiger partial charge in [0.15, 0.2) is 9.84 Å². The molecule has 1 N–H and O–H groups in total. The van der Waals surface area contributed by atoms with Gasteiger partial charge in [-0.2, -0.15) is 0 Å². The number of methoxy groups -OCH3 is 1. The lowest BCUT2D eigenvalue weighted by Gasteiger charge is -2.23. The Morgan fingerprint density at radius 3 is 2.65 bits per heavy atom. The molecule has 1 aliphatic heterocycles. The van der Waals surface area contributed by atoms with Crippen molar-refractivity contribution in [1.82, 2.24) is 4.90 Å². The molecule has 1 saturated heterocycles. The van der Waals surface area contributed by atoms with Gasteiger partial charge in [0.2, 0.25) is 11.8 Å². The Morgan fingerprint density at radius 2 is 2.04 bits per heavy atom. The standard InChI is InChI=1S/C15H20N2O5S/c1-17(11-7-8-23(20,21)10-11)15(19)9-14(18)16-12-5-3-4-6-13(12)22-2/h3-6,11H,7-10H2,1-2H3,(H,16,18). The molecule has 23 heavy (non-hydrogen) atoms. The minimum Gasteiger partial charge on any atom is -0.495 e. The molecule has 1 aromatic rings. The third-order valence-corrected chi connectivity index (χ3v) is 5.59. The summed E-state index contributed by atoms with van der Waals surface area (Å²) in [5.41, 5.74) is 0.485. The van der Waals surface area contributed by atoms with Crippen molar-refractivity contribution in [3.63, 3.8) is 0 Å². The number of hydrogen-bond donors (Lipinski definition) is 1. The number of hydrogen-bond acceptors (Lipinski definition) is 5. The summed E-state index contributed by atoms with van der Waals surface area (Å²) in [5, 5.41) is 2.62. The molecule has 0 bridgehead atoms. The molecule has 126 valence electrons. The Balaban J connectivity index is 1.93. The van der Waals surface area contributed by atoms with E-state index < -0.39 is 21.7 Å². The Morgan fingerprint density at radius 1 is 1.35 bits per heavy atom. The van der Waals surface area contributed by atoms with Crippen molar-refractivity contribution in [2.75, 3.05) is 31.0 Å². The van der Waals surface area contributed by atoms with E-state index >= 15 is 0 Å². The Bertz CT molecular complexity index is 702. The molecule has 0 spiro atoms. The number of rotatable bonds is 5. The van der Waals surface area contributed by atoms with E-state index in [4.69, 9.17) is 4.74 Å². The fraction of sp³-hybridized carbons (Fsp3) is 0.467. The van der Waals surface area contributed by atoms with Gasteiger partial charge in [0.1, 0.15) is 12.2 Å². The molecule has 1 fully saturated rings. The van der Waals surface area contributed by atoms with Gasteiger partial charge >= 0.3 is 0 Å². The van der Waals surface area contributed by atoms with E-state index in [9.17, 15) is 18.0 Å². The van der Waals surface area contributed by atoms with Crippen LogP contribution in [0.5, 0.6) is 5.75 Å². The maximum absolute atomic E-state index is 12.1. The second kappa shape index (κ2) is 6.99. The van der Waals surface area contributed by atoms with E-state index in [1.54, 1.807) is 24.3 Å². The lowest BCUT2D eigenvalue weighted by molar-refractivity contribution is -0.134. The average molecular weight is 340 g/mol. The van der Waals surface area contributed by atoms with Crippen LogP contribution in [0.25, 0.3) is 0 Å². The molecule has 1 heterocycles. The number of para-hydroxylation sites is 2. The van der Waals surface area contributed by atoms with Gasteiger partial charge in [0.05, 0.1) is 24.3 Å². The van der Waals surface area contributed by atoms with Crippen LogP contribution < -0.4 is 10.1 Å². The number of anilines is 1. The van der Waals surface area contributed by atoms with Gasteiger partial charge in [-0.1, -0.05) is 12.1 Å². The summed E-state index contributed by atoms with van der Waals surface area (Å²) in [5.74, 6) is -0.318. The summed E-state index contributed by atoms with van der Waals surface area (Å²) < 4.78 is 28.1. The third kappa shape index (κ3) is 4.44. The van der Waals surface area contributed by atoms with Crippen LogP contribution in [0.15, 0.2) is 24.3 Å². The monoisotopic (exact) mass is 340 g/mol. The Labute approximate surface area is 135 Å². The maximum Gasteiger partial charge on any atom is 0.233 e. The van der Waals surface area contributed by atoms with Crippen molar-refractivity contribution in [2.24, 2.45) is 0 Å². The molecule has 0 radical (unpaired) electrons. The molecular formula is C15H20N2O5S. The highest BCUT2D eigenvalue weighted by atomic mass is 32.2. The summed E-state index contributed by atoms with van der Waals surface area (Å²) in [6, 6.07) is 6.54. The van der Waals surface area contributed by atoms with Gasteiger partial charge in [-0.05, 0) is 18.6 Å². The highest BCUT2D eigenvalue weighted by Gasteiger charge is 2.33. The van der Waals surface area contributed by atoms with Gasteiger partial charge in [0, 0.05) is 13.1 Å². The van der Waals surface area contributed by atoms with Crippen LogP contribution in [0.1, 0.15) is 12.8 Å². The smallest absolute Gasteiger partial charge is 0.233 e. The van der Waals surface area contributed by atoms with E-state index in [0.29, 0.717) is 17.9 Å². The first kappa shape index (κ1) is 17.3. The molecule has 8 heteroatoms. The number of ether oxygens (including phenoxy) is 1. The van der Waals surface area contributed by atoms with Crippen LogP contribution in [0.4, 0.5) is 5.69 Å². The Hall–Kier alpha value is -2.09. The van der Waals surface area contributed by atoms with Gasteiger partial charge in [0.25, 0.3) is 0 Å². The van der Waals surface area contributed by atoms with Crippen LogP contribution in [-0.4, -0.2) is 56.8 Å². The Kier molecular flexibility index (Phi) is 5.25. The summed E-state index contributed by atoms with van der Waals surface area (Å²) in [7, 11) is -0.0485. The maximum atomic E-state index is 12.1. The molecule has 0 aromatic heterocycles. The summed E-state index contributed by atoms with van der Waals surface area (Å²) in [4.78, 5) is 25.5. The minimum atomic E-state index is -3.07. The lowest BCUT2D eigenvalue weighted by atomic mass is 10.2. The van der Waals surface area contributed by atoms with E-state index in [1.165, 1.54) is 19.1 Å². The summed E-state index contributed by atoms with van der Waals surface area (Å²) in [6.07, 6.45) is 0.0732. The van der Waals surface area contributed by atoms with Crippen molar-refractivity contribution >= 4 is 27.3 Å². The summed E-state index contributed by atoms with van der Waals surface area (Å²) in [6.45, 7) is 0. The first-order chi connectivity index (χ1) is 10.8. The minimum absolute atomic E-state index is 0.0383. The number of nitrogens with zero attached hydrogens (tertiary/aromatic N) is 1. The number of benzene rings is 1. The SMILES string of the molecule is COc1ccccc1NC(=O)CC(=O)N(C)C1CCS(=O)(=O)C1. The van der Waals surface area contributed by atoms with Crippen LogP contribution in [0, 0.1) is 0 Å². The zero-order valence-electron chi connectivity index (χ0n) is 13.1. The first-order valence-electron chi connectivity index (χ1n) is 7.21. The normalized spacial score (nSPS) is 19.1. The van der Waals surface area contributed by atoms with Crippen LogP contribution >= 0.6 is 0 Å². The molecule has 0 aliphatic carbocycles. The second-order valence-corrected chi connectivity index (χ2v) is 7.72. The van der Waals surface area contributed by atoms with Crippen LogP contribution in [-0.2, 0) is 19.4 Å². The zero-order chi connectivity index (χ0) is 17.0. The third-order valence-electron chi connectivity index (χ3n) is 3.84.